The largest absolute Gasteiger partial charge is 0.456 e. The van der Waals surface area contributed by atoms with Crippen LogP contribution in [0.1, 0.15) is 41.5 Å². The predicted molar refractivity (Wildman–Crippen MR) is 112 cm³/mol. The molecule has 15 heteroatoms. The number of nitrogens with one attached hydrogen (secondary N) is 1. The minimum atomic E-state index is -4.66. The quantitative estimate of drug-likeness (QED) is 0.270. The standard InChI is InChI=1S/C18H29ClN2O11S/c1-10(22)29-13-9-28-16(15(31-12(3)24)14(13)30-11(2)23)21(17(25)32-18(4,5)6)33(26,27)20-8-7-19/h13-16,20H,7-9H2,1-6H3/t13-,14-,15-,16+/m1/s1. The lowest BCUT2D eigenvalue weighted by Crippen LogP contribution is -2.65. The van der Waals surface area contributed by atoms with Gasteiger partial charge < -0.3 is 23.7 Å². The first-order chi connectivity index (χ1) is 15.1. The number of halogens is 1. The fourth-order valence-electron chi connectivity index (χ4n) is 2.81. The SMILES string of the molecule is CC(=O)O[C@@H]1[C@H](OC(C)=O)[C@H](OC(C)=O)CO[C@@H]1N(C(=O)OC(C)(C)C)S(=O)(=O)NCCCl. The molecule has 1 heterocycles. The average molecular weight is 517 g/mol. The summed E-state index contributed by atoms with van der Waals surface area (Å²) in [5.41, 5.74) is -1.11. The summed E-state index contributed by atoms with van der Waals surface area (Å²) in [6.07, 6.45) is -7.66. The Hall–Kier alpha value is -2.16. The van der Waals surface area contributed by atoms with Crippen molar-refractivity contribution in [1.29, 1.82) is 0 Å². The number of hydrogen-bond donors (Lipinski definition) is 1. The van der Waals surface area contributed by atoms with E-state index in [1.54, 1.807) is 0 Å². The van der Waals surface area contributed by atoms with Crippen molar-refractivity contribution in [2.45, 2.75) is 71.7 Å². The maximum atomic E-state index is 13.0. The van der Waals surface area contributed by atoms with Crippen LogP contribution in [0.5, 0.6) is 0 Å². The lowest BCUT2D eigenvalue weighted by molar-refractivity contribution is -0.238. The fraction of sp³-hybridized carbons (Fsp3) is 0.778. The summed E-state index contributed by atoms with van der Waals surface area (Å²) in [7, 11) is -4.66. The molecule has 1 aliphatic heterocycles. The van der Waals surface area contributed by atoms with Gasteiger partial charge in [-0.2, -0.15) is 17.4 Å². The Kier molecular flexibility index (Phi) is 10.3. The van der Waals surface area contributed by atoms with Crippen molar-refractivity contribution in [3.63, 3.8) is 0 Å². The van der Waals surface area contributed by atoms with Gasteiger partial charge in [-0.05, 0) is 20.8 Å². The molecule has 4 atom stereocenters. The van der Waals surface area contributed by atoms with E-state index in [2.05, 4.69) is 4.72 Å². The van der Waals surface area contributed by atoms with Crippen LogP contribution >= 0.6 is 11.6 Å². The van der Waals surface area contributed by atoms with Gasteiger partial charge in [0, 0.05) is 33.2 Å². The van der Waals surface area contributed by atoms with Crippen molar-refractivity contribution in [3.05, 3.63) is 0 Å². The molecule has 0 saturated carbocycles. The van der Waals surface area contributed by atoms with E-state index in [1.807, 2.05) is 0 Å². The summed E-state index contributed by atoms with van der Waals surface area (Å²) in [5, 5.41) is 0. The fourth-order valence-corrected chi connectivity index (χ4v) is 4.20. The summed E-state index contributed by atoms with van der Waals surface area (Å²) in [6.45, 7) is 6.91. The highest BCUT2D eigenvalue weighted by Gasteiger charge is 2.53. The van der Waals surface area contributed by atoms with Gasteiger partial charge in [-0.3, -0.25) is 14.4 Å². The molecule has 13 nitrogen and oxygen atoms in total. The van der Waals surface area contributed by atoms with E-state index in [-0.39, 0.29) is 16.7 Å². The number of hydrogen-bond acceptors (Lipinski definition) is 11. The second-order valence-corrected chi connectivity index (χ2v) is 9.89. The van der Waals surface area contributed by atoms with E-state index in [0.717, 1.165) is 20.8 Å². The third-order valence-electron chi connectivity index (χ3n) is 3.77. The Morgan fingerprint density at radius 1 is 1.00 bits per heavy atom. The number of ether oxygens (including phenoxy) is 5. The van der Waals surface area contributed by atoms with Gasteiger partial charge in [-0.15, -0.1) is 11.6 Å². The minimum absolute atomic E-state index is 0.120. The lowest BCUT2D eigenvalue weighted by Gasteiger charge is -2.43. The van der Waals surface area contributed by atoms with Crippen molar-refractivity contribution < 1.29 is 51.3 Å². The van der Waals surface area contributed by atoms with Crippen LogP contribution in [0.25, 0.3) is 0 Å². The first kappa shape index (κ1) is 28.9. The van der Waals surface area contributed by atoms with Gasteiger partial charge in [0.1, 0.15) is 5.60 Å². The molecule has 0 bridgehead atoms. The topological polar surface area (TPSA) is 164 Å². The van der Waals surface area contributed by atoms with Gasteiger partial charge >= 0.3 is 34.2 Å². The number of amides is 1. The molecule has 0 aromatic carbocycles. The summed E-state index contributed by atoms with van der Waals surface area (Å²) < 4.78 is 54.4. The molecule has 0 spiro atoms. The molecule has 1 rings (SSSR count). The van der Waals surface area contributed by atoms with E-state index in [9.17, 15) is 27.6 Å². The molecule has 33 heavy (non-hydrogen) atoms. The maximum absolute atomic E-state index is 13.0. The van der Waals surface area contributed by atoms with Crippen LogP contribution in [0.2, 0.25) is 0 Å². The molecule has 1 amide bonds. The summed E-state index contributed by atoms with van der Waals surface area (Å²) >= 11 is 5.56. The summed E-state index contributed by atoms with van der Waals surface area (Å²) in [5.74, 6) is -2.64. The van der Waals surface area contributed by atoms with Crippen molar-refractivity contribution in [2.75, 3.05) is 19.0 Å². The van der Waals surface area contributed by atoms with Crippen LogP contribution in [0.4, 0.5) is 4.79 Å². The number of nitrogens with zero attached hydrogens (tertiary/aromatic N) is 1. The normalized spacial score (nSPS) is 23.2. The van der Waals surface area contributed by atoms with Crippen LogP contribution in [0.3, 0.4) is 0 Å². The van der Waals surface area contributed by atoms with Gasteiger partial charge in [-0.25, -0.2) is 4.79 Å². The molecule has 0 aromatic rings. The van der Waals surface area contributed by atoms with E-state index in [4.69, 9.17) is 35.3 Å². The zero-order valence-electron chi connectivity index (χ0n) is 19.2. The monoisotopic (exact) mass is 516 g/mol. The first-order valence-electron chi connectivity index (χ1n) is 9.80. The summed E-state index contributed by atoms with van der Waals surface area (Å²) in [4.78, 5) is 48.0. The van der Waals surface area contributed by atoms with Crippen LogP contribution in [0.15, 0.2) is 0 Å². The van der Waals surface area contributed by atoms with E-state index >= 15 is 0 Å². The lowest BCUT2D eigenvalue weighted by atomic mass is 10.0. The number of rotatable bonds is 8. The molecular weight excluding hydrogens is 488 g/mol. The molecular formula is C18H29ClN2O11S. The van der Waals surface area contributed by atoms with E-state index in [0.29, 0.717) is 0 Å². The van der Waals surface area contributed by atoms with Gasteiger partial charge in [0.2, 0.25) is 0 Å². The third kappa shape index (κ3) is 8.95. The number of alkyl halides is 1. The molecule has 0 unspecified atom stereocenters. The van der Waals surface area contributed by atoms with Crippen molar-refractivity contribution in [2.24, 2.45) is 0 Å². The molecule has 1 N–H and O–H groups in total. The van der Waals surface area contributed by atoms with Crippen LogP contribution in [-0.2, 0) is 48.3 Å². The highest BCUT2D eigenvalue weighted by atomic mass is 35.5. The molecule has 0 aliphatic carbocycles. The molecule has 1 saturated heterocycles. The zero-order chi connectivity index (χ0) is 25.6. The average Bonchev–Trinajstić information content (AvgIpc) is 2.61. The molecule has 0 aromatic heterocycles. The Morgan fingerprint density at radius 3 is 1.97 bits per heavy atom. The first-order valence-corrected chi connectivity index (χ1v) is 11.8. The molecule has 1 aliphatic rings. The Balaban J connectivity index is 3.56. The summed E-state index contributed by atoms with van der Waals surface area (Å²) in [6, 6.07) is 0. The van der Waals surface area contributed by atoms with Crippen LogP contribution in [0, 0.1) is 0 Å². The molecule has 1 fully saturated rings. The maximum Gasteiger partial charge on any atom is 0.427 e. The molecule has 0 radical (unpaired) electrons. The van der Waals surface area contributed by atoms with E-state index in [1.165, 1.54) is 20.8 Å². The second-order valence-electron chi connectivity index (χ2n) is 7.88. The second kappa shape index (κ2) is 11.8. The Morgan fingerprint density at radius 2 is 1.52 bits per heavy atom. The number of esters is 3. The van der Waals surface area contributed by atoms with Crippen molar-refractivity contribution >= 4 is 45.8 Å². The smallest absolute Gasteiger partial charge is 0.427 e. The minimum Gasteiger partial charge on any atom is -0.456 e. The van der Waals surface area contributed by atoms with Crippen molar-refractivity contribution in [1.82, 2.24) is 9.03 Å². The molecule has 190 valence electrons. The highest BCUT2D eigenvalue weighted by Crippen LogP contribution is 2.29. The van der Waals surface area contributed by atoms with Crippen LogP contribution < -0.4 is 4.72 Å². The van der Waals surface area contributed by atoms with Crippen molar-refractivity contribution in [3.8, 4) is 0 Å². The number of carbonyl (C=O) groups is 4. The predicted octanol–water partition coefficient (Wildman–Crippen LogP) is 0.448. The third-order valence-corrected chi connectivity index (χ3v) is 5.40. The highest BCUT2D eigenvalue weighted by molar-refractivity contribution is 7.87. The zero-order valence-corrected chi connectivity index (χ0v) is 20.7. The van der Waals surface area contributed by atoms with Crippen LogP contribution in [-0.4, -0.2) is 85.9 Å². The van der Waals surface area contributed by atoms with E-state index < -0.39 is 71.0 Å². The number of carbonyl (C=O) groups excluding carboxylic acids is 4. The Bertz CT molecular complexity index is 843. The van der Waals surface area contributed by atoms with Gasteiger partial charge in [0.25, 0.3) is 0 Å². The van der Waals surface area contributed by atoms with Gasteiger partial charge in [0.15, 0.2) is 24.5 Å². The van der Waals surface area contributed by atoms with Gasteiger partial charge in [0.05, 0.1) is 6.61 Å². The van der Waals surface area contributed by atoms with Gasteiger partial charge in [-0.1, -0.05) is 0 Å². The Labute approximate surface area is 197 Å².